The Morgan fingerprint density at radius 2 is 1.78 bits per heavy atom. The molecule has 1 saturated heterocycles. The molecule has 4 aromatic rings. The summed E-state index contributed by atoms with van der Waals surface area (Å²) in [5.74, 6) is -0.368. The van der Waals surface area contributed by atoms with Gasteiger partial charge in [-0.3, -0.25) is 19.1 Å². The third kappa shape index (κ3) is 5.68. The van der Waals surface area contributed by atoms with Crippen LogP contribution in [-0.4, -0.2) is 76.4 Å². The topological polar surface area (TPSA) is 110 Å². The Balaban J connectivity index is 1.57. The fourth-order valence-corrected chi connectivity index (χ4v) is 7.53. The van der Waals surface area contributed by atoms with Crippen LogP contribution in [0.4, 0.5) is 20.6 Å². The van der Waals surface area contributed by atoms with Crippen LogP contribution in [0.1, 0.15) is 83.0 Å². The van der Waals surface area contributed by atoms with Gasteiger partial charge in [0.15, 0.2) is 0 Å². The fourth-order valence-electron chi connectivity index (χ4n) is 7.53. The molecule has 2 aliphatic heterocycles. The molecular weight excluding hydrogens is 651 g/mol. The zero-order valence-electron chi connectivity index (χ0n) is 30.7. The minimum atomic E-state index is -0.772. The van der Waals surface area contributed by atoms with Gasteiger partial charge in [0.05, 0.1) is 42.0 Å². The lowest BCUT2D eigenvalue weighted by Crippen LogP contribution is -2.66. The van der Waals surface area contributed by atoms with Gasteiger partial charge in [0.2, 0.25) is 0 Å². The smallest absolute Gasteiger partial charge is 0.410 e. The molecule has 3 aliphatic rings. The summed E-state index contributed by atoms with van der Waals surface area (Å²) in [6.07, 6.45) is 3.04. The maximum absolute atomic E-state index is 15.9. The molecule has 1 aliphatic carbocycles. The molecule has 51 heavy (non-hydrogen) atoms. The summed E-state index contributed by atoms with van der Waals surface area (Å²) in [6, 6.07) is 7.46. The fraction of sp³-hybridized carbons (Fsp3) is 0.462. The predicted molar refractivity (Wildman–Crippen MR) is 195 cm³/mol. The second-order valence-corrected chi connectivity index (χ2v) is 15.3. The quantitative estimate of drug-likeness (QED) is 0.227. The Hall–Kier alpha value is -5.00. The molecule has 11 nitrogen and oxygen atoms in total. The van der Waals surface area contributed by atoms with E-state index in [9.17, 15) is 9.59 Å². The molecule has 2 atom stereocenters. The molecule has 1 aromatic carbocycles. The van der Waals surface area contributed by atoms with E-state index < -0.39 is 29.1 Å². The Morgan fingerprint density at radius 3 is 2.43 bits per heavy atom. The number of rotatable bonds is 5. The van der Waals surface area contributed by atoms with Crippen molar-refractivity contribution >= 4 is 34.4 Å². The number of piperazine rings is 1. The van der Waals surface area contributed by atoms with E-state index in [2.05, 4.69) is 0 Å². The van der Waals surface area contributed by atoms with Crippen LogP contribution in [0.3, 0.4) is 0 Å². The number of carbonyl (C=O) groups excluding carboxylic acids is 2. The number of methoxy groups -OCH3 is 1. The summed E-state index contributed by atoms with van der Waals surface area (Å²) in [4.78, 5) is 57.7. The van der Waals surface area contributed by atoms with E-state index in [1.807, 2.05) is 65.5 Å². The highest BCUT2D eigenvalue weighted by atomic mass is 19.1. The second kappa shape index (κ2) is 12.3. The summed E-state index contributed by atoms with van der Waals surface area (Å²) in [6.45, 7) is 13.6. The number of anilines is 2. The number of halogens is 1. The number of amides is 2. The highest BCUT2D eigenvalue weighted by Crippen LogP contribution is 2.50. The van der Waals surface area contributed by atoms with Crippen molar-refractivity contribution in [2.24, 2.45) is 0 Å². The number of carbonyl (C=O) groups is 2. The average Bonchev–Trinajstić information content (AvgIpc) is 3.91. The summed E-state index contributed by atoms with van der Waals surface area (Å²) >= 11 is 0. The molecule has 3 aromatic heterocycles. The lowest BCUT2D eigenvalue weighted by Gasteiger charge is -2.49. The normalized spacial score (nSPS) is 19.0. The van der Waals surface area contributed by atoms with Crippen molar-refractivity contribution in [2.45, 2.75) is 90.8 Å². The van der Waals surface area contributed by atoms with E-state index in [-0.39, 0.29) is 48.1 Å². The van der Waals surface area contributed by atoms with E-state index >= 15 is 9.18 Å². The van der Waals surface area contributed by atoms with E-state index in [1.165, 1.54) is 18.1 Å². The number of aromatic nitrogens is 3. The SMILES string of the molecule is COc1cccc(F)c1-c1nc2c(cc1C1CC1)c1c(c(=O)n2-c2c(C)ccnc2C(C)C)N(C)C(=O)[C@H]2CN(C(=O)OC(C)(C)C)[C@H](C)CN12. The van der Waals surface area contributed by atoms with Gasteiger partial charge in [-0.05, 0) is 94.7 Å². The minimum Gasteiger partial charge on any atom is -0.496 e. The first kappa shape index (κ1) is 34.4. The van der Waals surface area contributed by atoms with Crippen LogP contribution in [0.2, 0.25) is 0 Å². The average molecular weight is 697 g/mol. The predicted octanol–water partition coefficient (Wildman–Crippen LogP) is 6.70. The molecule has 0 radical (unpaired) electrons. The molecule has 2 amide bonds. The lowest BCUT2D eigenvalue weighted by atomic mass is 9.95. The molecule has 268 valence electrons. The highest BCUT2D eigenvalue weighted by molar-refractivity contribution is 6.12. The first-order valence-corrected chi connectivity index (χ1v) is 17.6. The van der Waals surface area contributed by atoms with Crippen LogP contribution >= 0.6 is 0 Å². The second-order valence-electron chi connectivity index (χ2n) is 15.3. The van der Waals surface area contributed by atoms with Crippen molar-refractivity contribution in [3.05, 3.63) is 69.5 Å². The van der Waals surface area contributed by atoms with Gasteiger partial charge in [0.25, 0.3) is 11.5 Å². The standard InChI is InChI=1S/C39H45FN6O5/c1-20(2)30-32(21(3)15-16-41-30)46-35-25(17-24(23-13-14-23)31(42-35)29-26(40)11-10-12-28(29)50-9)33-34(37(46)48)43(8)36(47)27-19-44(22(4)18-45(27)33)38(49)51-39(5,6)7/h10-12,15-17,20,22-23,27H,13-14,18-19H2,1-9H3/t22-,27-/m1/s1. The molecule has 1 saturated carbocycles. The van der Waals surface area contributed by atoms with Gasteiger partial charge in [-0.15, -0.1) is 0 Å². The van der Waals surface area contributed by atoms with Crippen molar-refractivity contribution in [1.29, 1.82) is 0 Å². The Labute approximate surface area is 297 Å². The zero-order valence-corrected chi connectivity index (χ0v) is 30.7. The van der Waals surface area contributed by atoms with Crippen molar-refractivity contribution in [3.8, 4) is 22.7 Å². The Kier molecular flexibility index (Phi) is 8.34. The van der Waals surface area contributed by atoms with Crippen LogP contribution in [0.25, 0.3) is 28.0 Å². The van der Waals surface area contributed by atoms with Crippen molar-refractivity contribution in [3.63, 3.8) is 0 Å². The maximum atomic E-state index is 15.9. The van der Waals surface area contributed by atoms with Gasteiger partial charge in [-0.1, -0.05) is 19.9 Å². The minimum absolute atomic E-state index is 0.0553. The van der Waals surface area contributed by atoms with Crippen molar-refractivity contribution in [1.82, 2.24) is 19.4 Å². The number of pyridine rings is 3. The number of benzene rings is 1. The van der Waals surface area contributed by atoms with Crippen LogP contribution in [0.5, 0.6) is 5.75 Å². The molecule has 0 unspecified atom stereocenters. The van der Waals surface area contributed by atoms with Crippen LogP contribution in [-0.2, 0) is 9.53 Å². The van der Waals surface area contributed by atoms with E-state index in [0.29, 0.717) is 39.5 Å². The van der Waals surface area contributed by atoms with E-state index in [0.717, 1.165) is 24.0 Å². The number of ether oxygens (including phenoxy) is 2. The third-order valence-electron chi connectivity index (χ3n) is 10.1. The van der Waals surface area contributed by atoms with Gasteiger partial charge in [0, 0.05) is 31.2 Å². The van der Waals surface area contributed by atoms with Gasteiger partial charge in [-0.25, -0.2) is 14.2 Å². The zero-order chi connectivity index (χ0) is 36.7. The van der Waals surface area contributed by atoms with Crippen LogP contribution in [0.15, 0.2) is 41.3 Å². The summed E-state index contributed by atoms with van der Waals surface area (Å²) in [5, 5.41) is 0.658. The largest absolute Gasteiger partial charge is 0.496 e. The van der Waals surface area contributed by atoms with Crippen LogP contribution in [0, 0.1) is 12.7 Å². The number of nitrogens with zero attached hydrogens (tertiary/aromatic N) is 6. The summed E-state index contributed by atoms with van der Waals surface area (Å²) < 4.78 is 28.8. The van der Waals surface area contributed by atoms with Crippen molar-refractivity contribution in [2.75, 3.05) is 37.0 Å². The third-order valence-corrected chi connectivity index (χ3v) is 10.1. The molecule has 5 heterocycles. The number of likely N-dealkylation sites (N-methyl/N-ethyl adjacent to an activating group) is 1. The monoisotopic (exact) mass is 696 g/mol. The molecule has 7 rings (SSSR count). The first-order valence-electron chi connectivity index (χ1n) is 17.6. The van der Waals surface area contributed by atoms with Gasteiger partial charge < -0.3 is 24.2 Å². The summed E-state index contributed by atoms with van der Waals surface area (Å²) in [5.41, 5.74) is 3.54. The summed E-state index contributed by atoms with van der Waals surface area (Å²) in [7, 11) is 3.11. The molecule has 0 spiro atoms. The van der Waals surface area contributed by atoms with Gasteiger partial charge in [0.1, 0.15) is 34.5 Å². The molecular formula is C39H45FN6O5. The molecule has 12 heteroatoms. The van der Waals surface area contributed by atoms with Crippen LogP contribution < -0.4 is 20.1 Å². The lowest BCUT2D eigenvalue weighted by molar-refractivity contribution is -0.121. The molecule has 0 N–H and O–H groups in total. The number of fused-ring (bicyclic) bond motifs is 5. The Morgan fingerprint density at radius 1 is 1.06 bits per heavy atom. The molecule has 0 bridgehead atoms. The van der Waals surface area contributed by atoms with E-state index in [1.54, 1.807) is 34.8 Å². The Bertz CT molecular complexity index is 2150. The van der Waals surface area contributed by atoms with Crippen molar-refractivity contribution < 1.29 is 23.5 Å². The van der Waals surface area contributed by atoms with Gasteiger partial charge in [-0.2, -0.15) is 0 Å². The first-order chi connectivity index (χ1) is 24.1. The van der Waals surface area contributed by atoms with Gasteiger partial charge >= 0.3 is 6.09 Å². The highest BCUT2D eigenvalue weighted by Gasteiger charge is 2.47. The molecule has 2 fully saturated rings. The number of hydrogen-bond donors (Lipinski definition) is 0. The number of aryl methyl sites for hydroxylation is 1. The number of hydrogen-bond acceptors (Lipinski definition) is 8. The maximum Gasteiger partial charge on any atom is 0.410 e. The van der Waals surface area contributed by atoms with E-state index in [4.69, 9.17) is 19.4 Å².